The van der Waals surface area contributed by atoms with Gasteiger partial charge >= 0.3 is 0 Å². The van der Waals surface area contributed by atoms with E-state index in [4.69, 9.17) is 10.5 Å². The fourth-order valence-electron chi connectivity index (χ4n) is 2.61. The van der Waals surface area contributed by atoms with E-state index >= 15 is 0 Å². The van der Waals surface area contributed by atoms with Crippen LogP contribution < -0.4 is 15.8 Å². The van der Waals surface area contributed by atoms with E-state index in [1.54, 1.807) is 0 Å². The minimum absolute atomic E-state index is 0.516. The molecule has 0 aliphatic carbocycles. The molecule has 0 aromatic heterocycles. The standard InChI is InChI=1S/C15H25N3O/c1-4-19-15-9-12(16)8-14(10-15)17-13-5-6-18(3)11(2)7-13/h8-11,13,17H,4-7,16H2,1-3H3. The van der Waals surface area contributed by atoms with Crippen molar-refractivity contribution >= 4 is 11.4 Å². The van der Waals surface area contributed by atoms with Gasteiger partial charge in [-0.1, -0.05) is 0 Å². The average Bonchev–Trinajstić information content (AvgIpc) is 2.33. The van der Waals surface area contributed by atoms with Gasteiger partial charge in [0.1, 0.15) is 5.75 Å². The summed E-state index contributed by atoms with van der Waals surface area (Å²) in [6, 6.07) is 7.02. The van der Waals surface area contributed by atoms with Gasteiger partial charge in [0, 0.05) is 42.1 Å². The molecule has 0 saturated carbocycles. The summed E-state index contributed by atoms with van der Waals surface area (Å²) in [4.78, 5) is 2.41. The van der Waals surface area contributed by atoms with Crippen LogP contribution >= 0.6 is 0 Å². The lowest BCUT2D eigenvalue weighted by molar-refractivity contribution is 0.190. The summed E-state index contributed by atoms with van der Waals surface area (Å²) in [6.07, 6.45) is 2.33. The van der Waals surface area contributed by atoms with Crippen LogP contribution in [-0.2, 0) is 0 Å². The number of hydrogen-bond donors (Lipinski definition) is 2. The highest BCUT2D eigenvalue weighted by atomic mass is 16.5. The molecule has 106 valence electrons. The molecule has 0 radical (unpaired) electrons. The van der Waals surface area contributed by atoms with Crippen molar-refractivity contribution in [2.24, 2.45) is 0 Å². The molecule has 1 saturated heterocycles. The number of likely N-dealkylation sites (tertiary alicyclic amines) is 1. The Morgan fingerprint density at radius 2 is 2.21 bits per heavy atom. The maximum atomic E-state index is 5.92. The molecule has 0 amide bonds. The smallest absolute Gasteiger partial charge is 0.123 e. The van der Waals surface area contributed by atoms with Crippen LogP contribution in [0, 0.1) is 0 Å². The summed E-state index contributed by atoms with van der Waals surface area (Å²) in [5.41, 5.74) is 7.72. The lowest BCUT2D eigenvalue weighted by atomic mass is 9.98. The van der Waals surface area contributed by atoms with Crippen molar-refractivity contribution in [3.8, 4) is 5.75 Å². The Bertz CT molecular complexity index is 422. The second-order valence-electron chi connectivity index (χ2n) is 5.42. The first-order valence-electron chi connectivity index (χ1n) is 7.08. The van der Waals surface area contributed by atoms with Crippen LogP contribution in [0.2, 0.25) is 0 Å². The predicted octanol–water partition coefficient (Wildman–Crippen LogP) is 2.56. The maximum Gasteiger partial charge on any atom is 0.123 e. The van der Waals surface area contributed by atoms with E-state index in [0.29, 0.717) is 18.7 Å². The SMILES string of the molecule is CCOc1cc(N)cc(NC2CCN(C)C(C)C2)c1. The van der Waals surface area contributed by atoms with Gasteiger partial charge < -0.3 is 20.7 Å². The van der Waals surface area contributed by atoms with Gasteiger partial charge in [0.25, 0.3) is 0 Å². The molecule has 0 spiro atoms. The Balaban J connectivity index is 2.02. The van der Waals surface area contributed by atoms with Crippen LogP contribution in [0.4, 0.5) is 11.4 Å². The molecule has 0 bridgehead atoms. The van der Waals surface area contributed by atoms with Crippen molar-refractivity contribution in [1.29, 1.82) is 0 Å². The summed E-state index contributed by atoms with van der Waals surface area (Å²) < 4.78 is 5.53. The molecule has 1 heterocycles. The number of nitrogens with two attached hydrogens (primary N) is 1. The maximum absolute atomic E-state index is 5.92. The highest BCUT2D eigenvalue weighted by molar-refractivity contribution is 5.59. The Kier molecular flexibility index (Phi) is 4.53. The molecule has 4 nitrogen and oxygen atoms in total. The van der Waals surface area contributed by atoms with Crippen molar-refractivity contribution < 1.29 is 4.74 Å². The molecule has 1 aromatic rings. The number of hydrogen-bond acceptors (Lipinski definition) is 4. The molecule has 4 heteroatoms. The second-order valence-corrected chi connectivity index (χ2v) is 5.42. The molecular weight excluding hydrogens is 238 g/mol. The highest BCUT2D eigenvalue weighted by Gasteiger charge is 2.22. The second kappa shape index (κ2) is 6.15. The third kappa shape index (κ3) is 3.77. The van der Waals surface area contributed by atoms with Gasteiger partial charge in [-0.25, -0.2) is 0 Å². The predicted molar refractivity (Wildman–Crippen MR) is 80.8 cm³/mol. The number of rotatable bonds is 4. The summed E-state index contributed by atoms with van der Waals surface area (Å²) >= 11 is 0. The number of nitrogens with one attached hydrogen (secondary N) is 1. The Hall–Kier alpha value is -1.42. The lowest BCUT2D eigenvalue weighted by Gasteiger charge is -2.35. The Morgan fingerprint density at radius 1 is 1.42 bits per heavy atom. The van der Waals surface area contributed by atoms with Crippen LogP contribution in [0.1, 0.15) is 26.7 Å². The third-order valence-electron chi connectivity index (χ3n) is 3.82. The van der Waals surface area contributed by atoms with E-state index in [1.807, 2.05) is 25.1 Å². The minimum Gasteiger partial charge on any atom is -0.494 e. The average molecular weight is 263 g/mol. The fourth-order valence-corrected chi connectivity index (χ4v) is 2.61. The molecular formula is C15H25N3O. The van der Waals surface area contributed by atoms with Gasteiger partial charge in [0.2, 0.25) is 0 Å². The van der Waals surface area contributed by atoms with E-state index in [0.717, 1.165) is 30.1 Å². The summed E-state index contributed by atoms with van der Waals surface area (Å²) in [5, 5.41) is 3.58. The largest absolute Gasteiger partial charge is 0.494 e. The van der Waals surface area contributed by atoms with Crippen molar-refractivity contribution in [2.75, 3.05) is 31.2 Å². The van der Waals surface area contributed by atoms with Gasteiger partial charge in [0.15, 0.2) is 0 Å². The first-order chi connectivity index (χ1) is 9.08. The number of benzene rings is 1. The molecule has 1 aromatic carbocycles. The van der Waals surface area contributed by atoms with Crippen molar-refractivity contribution in [3.63, 3.8) is 0 Å². The molecule has 3 N–H and O–H groups in total. The number of nitrogens with zero attached hydrogens (tertiary/aromatic N) is 1. The van der Waals surface area contributed by atoms with Crippen LogP contribution in [-0.4, -0.2) is 37.2 Å². The van der Waals surface area contributed by atoms with Crippen LogP contribution in [0.5, 0.6) is 5.75 Å². The van der Waals surface area contributed by atoms with Gasteiger partial charge in [-0.2, -0.15) is 0 Å². The van der Waals surface area contributed by atoms with Crippen LogP contribution in [0.15, 0.2) is 18.2 Å². The summed E-state index contributed by atoms with van der Waals surface area (Å²) in [5.74, 6) is 0.839. The number of piperidine rings is 1. The summed E-state index contributed by atoms with van der Waals surface area (Å²) in [7, 11) is 2.19. The topological polar surface area (TPSA) is 50.5 Å². The molecule has 2 unspecified atom stereocenters. The summed E-state index contributed by atoms with van der Waals surface area (Å²) in [6.45, 7) is 6.06. The number of anilines is 2. The van der Waals surface area contributed by atoms with E-state index in [2.05, 4.69) is 24.2 Å². The minimum atomic E-state index is 0.516. The molecule has 1 aliphatic rings. The van der Waals surface area contributed by atoms with Gasteiger partial charge in [0.05, 0.1) is 6.61 Å². The monoisotopic (exact) mass is 263 g/mol. The van der Waals surface area contributed by atoms with E-state index in [-0.39, 0.29) is 0 Å². The van der Waals surface area contributed by atoms with E-state index in [1.165, 1.54) is 6.42 Å². The quantitative estimate of drug-likeness (QED) is 0.820. The van der Waals surface area contributed by atoms with Crippen LogP contribution in [0.3, 0.4) is 0 Å². The zero-order valence-corrected chi connectivity index (χ0v) is 12.1. The van der Waals surface area contributed by atoms with E-state index < -0.39 is 0 Å². The number of nitrogen functional groups attached to an aromatic ring is 1. The third-order valence-corrected chi connectivity index (χ3v) is 3.82. The normalized spacial score (nSPS) is 24.2. The zero-order valence-electron chi connectivity index (χ0n) is 12.1. The first kappa shape index (κ1) is 14.0. The Labute approximate surface area is 115 Å². The molecule has 1 aliphatic heterocycles. The fraction of sp³-hybridized carbons (Fsp3) is 0.600. The molecule has 2 atom stereocenters. The van der Waals surface area contributed by atoms with Crippen molar-refractivity contribution in [2.45, 2.75) is 38.8 Å². The van der Waals surface area contributed by atoms with Crippen molar-refractivity contribution in [1.82, 2.24) is 4.90 Å². The van der Waals surface area contributed by atoms with Gasteiger partial charge in [-0.3, -0.25) is 0 Å². The number of ether oxygens (including phenoxy) is 1. The molecule has 19 heavy (non-hydrogen) atoms. The highest BCUT2D eigenvalue weighted by Crippen LogP contribution is 2.25. The Morgan fingerprint density at radius 3 is 2.89 bits per heavy atom. The zero-order chi connectivity index (χ0) is 13.8. The van der Waals surface area contributed by atoms with Gasteiger partial charge in [-0.05, 0) is 39.8 Å². The first-order valence-corrected chi connectivity index (χ1v) is 7.08. The lowest BCUT2D eigenvalue weighted by Crippen LogP contribution is -2.42. The molecule has 2 rings (SSSR count). The van der Waals surface area contributed by atoms with Crippen molar-refractivity contribution in [3.05, 3.63) is 18.2 Å². The van der Waals surface area contributed by atoms with E-state index in [9.17, 15) is 0 Å². The van der Waals surface area contributed by atoms with Crippen LogP contribution in [0.25, 0.3) is 0 Å². The van der Waals surface area contributed by atoms with Gasteiger partial charge in [-0.15, -0.1) is 0 Å². The molecule has 1 fully saturated rings.